The molecule has 0 saturated heterocycles. The molecule has 6 heteroatoms. The van der Waals surface area contributed by atoms with Crippen molar-refractivity contribution in [3.8, 4) is 0 Å². The highest BCUT2D eigenvalue weighted by Crippen LogP contribution is 2.19. The van der Waals surface area contributed by atoms with E-state index >= 15 is 0 Å². The number of aldehydes is 1. The molecular formula is C12H10O5S. The lowest BCUT2D eigenvalue weighted by Crippen LogP contribution is -2.14. The Morgan fingerprint density at radius 3 is 2.56 bits per heavy atom. The molecule has 1 atom stereocenters. The summed E-state index contributed by atoms with van der Waals surface area (Å²) in [6, 6.07) is 5.89. The standard InChI is InChI=1S/C12H10O5S/c13-5-10(15)8-3-1-2-4-9(8)11(6-14)17-12(16)7-18/h1-5,12,16,18H,7H2. The minimum atomic E-state index is -1.30. The summed E-state index contributed by atoms with van der Waals surface area (Å²) in [6.45, 7) is 0. The van der Waals surface area contributed by atoms with Gasteiger partial charge < -0.3 is 9.84 Å². The molecule has 94 valence electrons. The summed E-state index contributed by atoms with van der Waals surface area (Å²) in [6.07, 6.45) is -1.17. The monoisotopic (exact) mass is 266 g/mol. The number of aliphatic hydroxyl groups is 1. The van der Waals surface area contributed by atoms with Gasteiger partial charge in [0.25, 0.3) is 0 Å². The minimum absolute atomic E-state index is 0.0113. The highest BCUT2D eigenvalue weighted by molar-refractivity contribution is 7.80. The van der Waals surface area contributed by atoms with Crippen LogP contribution in [0.15, 0.2) is 24.3 Å². The molecule has 0 aliphatic heterocycles. The summed E-state index contributed by atoms with van der Waals surface area (Å²) < 4.78 is 4.87. The van der Waals surface area contributed by atoms with Crippen LogP contribution in [0.25, 0.3) is 5.76 Å². The van der Waals surface area contributed by atoms with E-state index in [0.717, 1.165) is 0 Å². The molecule has 18 heavy (non-hydrogen) atoms. The Balaban J connectivity index is 3.18. The third kappa shape index (κ3) is 3.30. The number of aliphatic hydroxyl groups excluding tert-OH is 1. The van der Waals surface area contributed by atoms with Crippen LogP contribution in [-0.4, -0.2) is 35.2 Å². The topological polar surface area (TPSA) is 80.7 Å². The van der Waals surface area contributed by atoms with Gasteiger partial charge in [-0.3, -0.25) is 9.59 Å². The number of rotatable bonds is 6. The highest BCUT2D eigenvalue weighted by atomic mass is 32.1. The van der Waals surface area contributed by atoms with E-state index in [1.165, 1.54) is 24.1 Å². The van der Waals surface area contributed by atoms with Crippen LogP contribution in [0.5, 0.6) is 0 Å². The Hall–Kier alpha value is -1.88. The molecule has 0 heterocycles. The normalized spacial score (nSPS) is 11.2. The number of carbonyl (C=O) groups is 2. The van der Waals surface area contributed by atoms with Gasteiger partial charge in [0, 0.05) is 11.1 Å². The van der Waals surface area contributed by atoms with Gasteiger partial charge in [-0.1, -0.05) is 18.2 Å². The molecule has 0 fully saturated rings. The van der Waals surface area contributed by atoms with E-state index in [4.69, 9.17) is 4.74 Å². The van der Waals surface area contributed by atoms with Crippen molar-refractivity contribution in [2.24, 2.45) is 0 Å². The van der Waals surface area contributed by atoms with E-state index in [9.17, 15) is 19.5 Å². The van der Waals surface area contributed by atoms with Crippen molar-refractivity contribution in [3.63, 3.8) is 0 Å². The second-order valence-electron chi connectivity index (χ2n) is 3.21. The first-order chi connectivity index (χ1) is 8.63. The summed E-state index contributed by atoms with van der Waals surface area (Å²) >= 11 is 3.79. The summed E-state index contributed by atoms with van der Waals surface area (Å²) in [5.74, 6) is 0.318. The van der Waals surface area contributed by atoms with Crippen LogP contribution in [0, 0.1) is 0 Å². The summed E-state index contributed by atoms with van der Waals surface area (Å²) in [5.41, 5.74) is 0.114. The number of ketones is 1. The van der Waals surface area contributed by atoms with E-state index in [0.29, 0.717) is 0 Å². The fourth-order valence-corrected chi connectivity index (χ4v) is 1.35. The van der Waals surface area contributed by atoms with Gasteiger partial charge >= 0.3 is 0 Å². The number of benzene rings is 1. The third-order valence-electron chi connectivity index (χ3n) is 2.05. The lowest BCUT2D eigenvalue weighted by molar-refractivity contribution is -0.104. The van der Waals surface area contributed by atoms with Gasteiger partial charge in [-0.15, -0.1) is 0 Å². The summed E-state index contributed by atoms with van der Waals surface area (Å²) in [5, 5.41) is 9.25. The third-order valence-corrected chi connectivity index (χ3v) is 2.36. The molecule has 1 N–H and O–H groups in total. The first-order valence-corrected chi connectivity index (χ1v) is 5.56. The van der Waals surface area contributed by atoms with Crippen LogP contribution in [0.3, 0.4) is 0 Å². The summed E-state index contributed by atoms with van der Waals surface area (Å²) in [7, 11) is 0. The maximum absolute atomic E-state index is 11.4. The van der Waals surface area contributed by atoms with Crippen molar-refractivity contribution in [3.05, 3.63) is 35.4 Å². The summed E-state index contributed by atoms with van der Waals surface area (Å²) in [4.78, 5) is 32.7. The zero-order valence-electron chi connectivity index (χ0n) is 9.20. The molecule has 0 aromatic heterocycles. The van der Waals surface area contributed by atoms with Crippen LogP contribution < -0.4 is 0 Å². The Bertz CT molecular complexity index is 505. The van der Waals surface area contributed by atoms with Crippen molar-refractivity contribution in [2.75, 3.05) is 5.75 Å². The molecule has 0 radical (unpaired) electrons. The lowest BCUT2D eigenvalue weighted by atomic mass is 10.0. The first kappa shape index (κ1) is 14.2. The fourth-order valence-electron chi connectivity index (χ4n) is 1.28. The van der Waals surface area contributed by atoms with Crippen LogP contribution in [0.4, 0.5) is 0 Å². The number of Topliss-reactive ketones (excluding diaryl/α,β-unsaturated/α-hetero) is 1. The molecule has 5 nitrogen and oxygen atoms in total. The average molecular weight is 266 g/mol. The maximum Gasteiger partial charge on any atom is 0.226 e. The fraction of sp³-hybridized carbons (Fsp3) is 0.167. The van der Waals surface area contributed by atoms with Gasteiger partial charge in [0.15, 0.2) is 12.2 Å². The van der Waals surface area contributed by atoms with Crippen molar-refractivity contribution >= 4 is 36.4 Å². The number of thiol groups is 1. The Morgan fingerprint density at radius 2 is 2.06 bits per heavy atom. The van der Waals surface area contributed by atoms with E-state index < -0.39 is 12.1 Å². The van der Waals surface area contributed by atoms with Gasteiger partial charge in [-0.2, -0.15) is 12.6 Å². The SMILES string of the molecule is O=C=C(OC(O)CS)c1ccccc1C(=O)C=O. The van der Waals surface area contributed by atoms with Crippen molar-refractivity contribution in [1.29, 1.82) is 0 Å². The van der Waals surface area contributed by atoms with Crippen LogP contribution in [-0.2, 0) is 14.3 Å². The number of hydrogen-bond acceptors (Lipinski definition) is 6. The van der Waals surface area contributed by atoms with Crippen molar-refractivity contribution < 1.29 is 24.2 Å². The zero-order chi connectivity index (χ0) is 13.5. The maximum atomic E-state index is 11.4. The second kappa shape index (κ2) is 6.76. The van der Waals surface area contributed by atoms with Gasteiger partial charge in [-0.25, -0.2) is 4.79 Å². The Morgan fingerprint density at radius 1 is 1.44 bits per heavy atom. The molecule has 1 rings (SSSR count). The average Bonchev–Trinajstić information content (AvgIpc) is 2.43. The molecule has 0 amide bonds. The van der Waals surface area contributed by atoms with Crippen molar-refractivity contribution in [1.82, 2.24) is 0 Å². The first-order valence-electron chi connectivity index (χ1n) is 4.93. The Labute approximate surface area is 108 Å². The quantitative estimate of drug-likeness (QED) is 0.149. The van der Waals surface area contributed by atoms with Crippen LogP contribution >= 0.6 is 12.6 Å². The molecule has 1 aromatic rings. The van der Waals surface area contributed by atoms with E-state index in [1.54, 1.807) is 6.07 Å². The van der Waals surface area contributed by atoms with Gasteiger partial charge in [0.05, 0.1) is 5.75 Å². The molecule has 1 unspecified atom stereocenters. The van der Waals surface area contributed by atoms with Gasteiger partial charge in [-0.05, 0) is 6.07 Å². The van der Waals surface area contributed by atoms with Gasteiger partial charge in [0.2, 0.25) is 17.8 Å². The number of carbonyl (C=O) groups excluding carboxylic acids is 3. The molecule has 0 spiro atoms. The van der Waals surface area contributed by atoms with Crippen molar-refractivity contribution in [2.45, 2.75) is 6.29 Å². The largest absolute Gasteiger partial charge is 0.453 e. The molecule has 0 aliphatic rings. The predicted molar refractivity (Wildman–Crippen MR) is 66.9 cm³/mol. The molecule has 0 bridgehead atoms. The highest BCUT2D eigenvalue weighted by Gasteiger charge is 2.17. The molecule has 0 saturated carbocycles. The number of hydrogen-bond donors (Lipinski definition) is 2. The smallest absolute Gasteiger partial charge is 0.226 e. The predicted octanol–water partition coefficient (Wildman–Crippen LogP) is 0.506. The molecular weight excluding hydrogens is 256 g/mol. The molecule has 1 aromatic carbocycles. The van der Waals surface area contributed by atoms with Gasteiger partial charge in [0.1, 0.15) is 0 Å². The minimum Gasteiger partial charge on any atom is -0.453 e. The lowest BCUT2D eigenvalue weighted by Gasteiger charge is -2.13. The van der Waals surface area contributed by atoms with Crippen LogP contribution in [0.2, 0.25) is 0 Å². The van der Waals surface area contributed by atoms with E-state index in [-0.39, 0.29) is 28.9 Å². The van der Waals surface area contributed by atoms with E-state index in [2.05, 4.69) is 12.6 Å². The second-order valence-corrected chi connectivity index (χ2v) is 3.58. The molecule has 0 aliphatic carbocycles. The zero-order valence-corrected chi connectivity index (χ0v) is 10.1. The Kier molecular flexibility index (Phi) is 5.32. The van der Waals surface area contributed by atoms with E-state index in [1.807, 2.05) is 0 Å². The number of ether oxygens (including phenoxy) is 1. The van der Waals surface area contributed by atoms with Crippen LogP contribution in [0.1, 0.15) is 15.9 Å².